The fourth-order valence-corrected chi connectivity index (χ4v) is 2.18. The minimum absolute atomic E-state index is 0.156. The maximum atomic E-state index is 11.5. The summed E-state index contributed by atoms with van der Waals surface area (Å²) < 4.78 is 10.5. The fourth-order valence-electron chi connectivity index (χ4n) is 1.63. The lowest BCUT2D eigenvalue weighted by molar-refractivity contribution is -0.118. The van der Waals surface area contributed by atoms with Gasteiger partial charge in [0.25, 0.3) is 0 Å². The normalized spacial score (nSPS) is 12.3. The van der Waals surface area contributed by atoms with Crippen molar-refractivity contribution >= 4 is 13.8 Å². The standard InChI is InChI=1S/C13H20NO3P/c15-13(8-4-5-9-18(16)17)11-14-10-12-6-2-1-3-7-12/h1-3,6-7,14,18H,4-5,8-11H2,(H,16,17). The van der Waals surface area contributed by atoms with Crippen LogP contribution in [0.25, 0.3) is 0 Å². The van der Waals surface area contributed by atoms with Crippen LogP contribution in [0.2, 0.25) is 0 Å². The Morgan fingerprint density at radius 3 is 2.61 bits per heavy atom. The molecule has 1 aromatic rings. The van der Waals surface area contributed by atoms with E-state index in [1.54, 1.807) is 0 Å². The molecule has 0 radical (unpaired) electrons. The smallest absolute Gasteiger partial charge is 0.189 e. The van der Waals surface area contributed by atoms with Gasteiger partial charge in [-0.25, -0.2) is 0 Å². The molecule has 0 aliphatic heterocycles. The van der Waals surface area contributed by atoms with E-state index in [0.717, 1.165) is 5.56 Å². The van der Waals surface area contributed by atoms with Gasteiger partial charge in [0.1, 0.15) is 5.78 Å². The summed E-state index contributed by atoms with van der Waals surface area (Å²) in [6.07, 6.45) is 2.16. The van der Waals surface area contributed by atoms with Gasteiger partial charge in [0, 0.05) is 19.1 Å². The van der Waals surface area contributed by atoms with Crippen LogP contribution in [0.3, 0.4) is 0 Å². The first kappa shape index (κ1) is 15.1. The number of benzene rings is 1. The summed E-state index contributed by atoms with van der Waals surface area (Å²) in [5, 5.41) is 3.10. The molecule has 1 atom stereocenters. The molecule has 1 rings (SSSR count). The maximum Gasteiger partial charge on any atom is 0.189 e. The van der Waals surface area contributed by atoms with Crippen LogP contribution in [0, 0.1) is 0 Å². The Hall–Kier alpha value is -0.960. The van der Waals surface area contributed by atoms with Gasteiger partial charge in [-0.05, 0) is 18.4 Å². The molecule has 0 fully saturated rings. The lowest BCUT2D eigenvalue weighted by atomic mass is 10.2. The summed E-state index contributed by atoms with van der Waals surface area (Å²) >= 11 is 0. The lowest BCUT2D eigenvalue weighted by Crippen LogP contribution is -2.22. The highest BCUT2D eigenvalue weighted by Gasteiger charge is 2.02. The number of hydrogen-bond acceptors (Lipinski definition) is 3. The number of rotatable bonds is 9. The number of unbranched alkanes of at least 4 members (excludes halogenated alkanes) is 1. The highest BCUT2D eigenvalue weighted by molar-refractivity contribution is 7.37. The number of carbonyl (C=O) groups is 1. The summed E-state index contributed by atoms with van der Waals surface area (Å²) in [7, 11) is -2.36. The molecule has 1 unspecified atom stereocenters. The largest absolute Gasteiger partial charge is 0.346 e. The third kappa shape index (κ3) is 7.38. The maximum absolute atomic E-state index is 11.5. The molecule has 0 aliphatic rings. The van der Waals surface area contributed by atoms with Gasteiger partial charge in [-0.15, -0.1) is 0 Å². The van der Waals surface area contributed by atoms with Crippen LogP contribution in [0.5, 0.6) is 0 Å². The minimum atomic E-state index is -2.36. The molecule has 100 valence electrons. The minimum Gasteiger partial charge on any atom is -0.346 e. The Morgan fingerprint density at radius 2 is 1.94 bits per heavy atom. The summed E-state index contributed by atoms with van der Waals surface area (Å²) in [5.74, 6) is 0.156. The molecule has 0 bridgehead atoms. The van der Waals surface area contributed by atoms with E-state index < -0.39 is 8.03 Å². The van der Waals surface area contributed by atoms with Crippen LogP contribution in [0.1, 0.15) is 24.8 Å². The van der Waals surface area contributed by atoms with Crippen molar-refractivity contribution in [2.75, 3.05) is 12.7 Å². The van der Waals surface area contributed by atoms with Crippen molar-refractivity contribution in [1.82, 2.24) is 5.32 Å². The van der Waals surface area contributed by atoms with Gasteiger partial charge in [-0.1, -0.05) is 30.3 Å². The fraction of sp³-hybridized carbons (Fsp3) is 0.462. The molecule has 1 aromatic carbocycles. The van der Waals surface area contributed by atoms with Crippen molar-refractivity contribution in [3.8, 4) is 0 Å². The topological polar surface area (TPSA) is 66.4 Å². The van der Waals surface area contributed by atoms with E-state index in [2.05, 4.69) is 5.32 Å². The second-order valence-corrected chi connectivity index (χ2v) is 5.52. The van der Waals surface area contributed by atoms with Gasteiger partial charge >= 0.3 is 0 Å². The number of carbonyl (C=O) groups excluding carboxylic acids is 1. The molecule has 5 heteroatoms. The van der Waals surface area contributed by atoms with E-state index in [4.69, 9.17) is 4.89 Å². The Balaban J connectivity index is 2.05. The van der Waals surface area contributed by atoms with E-state index in [1.807, 2.05) is 30.3 Å². The van der Waals surface area contributed by atoms with Crippen LogP contribution in [0.4, 0.5) is 0 Å². The van der Waals surface area contributed by atoms with Gasteiger partial charge in [-0.3, -0.25) is 9.36 Å². The molecule has 0 heterocycles. The van der Waals surface area contributed by atoms with Gasteiger partial charge in [0.15, 0.2) is 8.03 Å². The molecule has 0 spiro atoms. The summed E-state index contributed by atoms with van der Waals surface area (Å²) in [4.78, 5) is 20.1. The average Bonchev–Trinajstić information content (AvgIpc) is 2.36. The molecule has 2 N–H and O–H groups in total. The number of Topliss-reactive ketones (excluding diaryl/α,β-unsaturated/α-hetero) is 1. The Morgan fingerprint density at radius 1 is 1.22 bits per heavy atom. The van der Waals surface area contributed by atoms with Gasteiger partial charge < -0.3 is 10.2 Å². The highest BCUT2D eigenvalue weighted by Crippen LogP contribution is 2.15. The molecule has 0 amide bonds. The van der Waals surface area contributed by atoms with E-state index in [1.165, 1.54) is 0 Å². The third-order valence-corrected chi connectivity index (χ3v) is 3.37. The lowest BCUT2D eigenvalue weighted by Gasteiger charge is -2.04. The number of ketones is 1. The molecular formula is C13H20NO3P. The predicted octanol–water partition coefficient (Wildman–Crippen LogP) is 1.98. The van der Waals surface area contributed by atoms with Crippen molar-refractivity contribution in [2.45, 2.75) is 25.8 Å². The van der Waals surface area contributed by atoms with Gasteiger partial charge in [0.05, 0.1) is 6.54 Å². The highest BCUT2D eigenvalue weighted by atomic mass is 31.1. The van der Waals surface area contributed by atoms with E-state index in [-0.39, 0.29) is 5.78 Å². The zero-order valence-electron chi connectivity index (χ0n) is 10.4. The van der Waals surface area contributed by atoms with Crippen molar-refractivity contribution < 1.29 is 14.3 Å². The molecule has 0 saturated heterocycles. The summed E-state index contributed by atoms with van der Waals surface area (Å²) in [6, 6.07) is 9.92. The quantitative estimate of drug-likeness (QED) is 0.531. The second-order valence-electron chi connectivity index (χ2n) is 4.23. The second kappa shape index (κ2) is 9.03. The van der Waals surface area contributed by atoms with E-state index in [9.17, 15) is 9.36 Å². The van der Waals surface area contributed by atoms with Crippen molar-refractivity contribution in [2.24, 2.45) is 0 Å². The van der Waals surface area contributed by atoms with Gasteiger partial charge in [-0.2, -0.15) is 0 Å². The Bertz CT molecular complexity index is 381. The molecule has 0 aliphatic carbocycles. The SMILES string of the molecule is O=C(CCCC[PH](=O)O)CNCc1ccccc1. The third-order valence-electron chi connectivity index (χ3n) is 2.59. The number of hydrogen-bond donors (Lipinski definition) is 2. The monoisotopic (exact) mass is 269 g/mol. The molecular weight excluding hydrogens is 249 g/mol. The van der Waals surface area contributed by atoms with Crippen LogP contribution in [-0.4, -0.2) is 23.4 Å². The zero-order valence-corrected chi connectivity index (χ0v) is 11.4. The van der Waals surface area contributed by atoms with E-state index in [0.29, 0.717) is 38.5 Å². The van der Waals surface area contributed by atoms with Crippen LogP contribution in [0.15, 0.2) is 30.3 Å². The first-order valence-corrected chi connectivity index (χ1v) is 7.73. The summed E-state index contributed by atoms with van der Waals surface area (Å²) in [6.45, 7) is 1.06. The molecule has 4 nitrogen and oxygen atoms in total. The Kier molecular flexibility index (Phi) is 7.58. The van der Waals surface area contributed by atoms with Crippen LogP contribution < -0.4 is 5.32 Å². The molecule has 18 heavy (non-hydrogen) atoms. The van der Waals surface area contributed by atoms with Crippen LogP contribution >= 0.6 is 8.03 Å². The zero-order chi connectivity index (χ0) is 13.2. The van der Waals surface area contributed by atoms with Crippen LogP contribution in [-0.2, 0) is 15.9 Å². The Labute approximate surface area is 108 Å². The first-order valence-electron chi connectivity index (χ1n) is 6.16. The van der Waals surface area contributed by atoms with Crippen molar-refractivity contribution in [3.63, 3.8) is 0 Å². The number of nitrogens with one attached hydrogen (secondary N) is 1. The molecule has 0 aromatic heterocycles. The van der Waals surface area contributed by atoms with Crippen molar-refractivity contribution in [1.29, 1.82) is 0 Å². The van der Waals surface area contributed by atoms with Gasteiger partial charge in [0.2, 0.25) is 0 Å². The van der Waals surface area contributed by atoms with Crippen molar-refractivity contribution in [3.05, 3.63) is 35.9 Å². The summed E-state index contributed by atoms with van der Waals surface area (Å²) in [5.41, 5.74) is 1.16. The first-order chi connectivity index (χ1) is 8.68. The average molecular weight is 269 g/mol. The molecule has 0 saturated carbocycles. The van der Waals surface area contributed by atoms with E-state index >= 15 is 0 Å². The predicted molar refractivity (Wildman–Crippen MR) is 73.1 cm³/mol.